The van der Waals surface area contributed by atoms with Gasteiger partial charge in [0.05, 0.1) is 6.04 Å². The third-order valence-corrected chi connectivity index (χ3v) is 4.10. The van der Waals surface area contributed by atoms with Gasteiger partial charge in [-0.2, -0.15) is 0 Å². The van der Waals surface area contributed by atoms with E-state index in [1.165, 1.54) is 22.3 Å². The lowest BCUT2D eigenvalue weighted by Crippen LogP contribution is -2.38. The van der Waals surface area contributed by atoms with Crippen molar-refractivity contribution in [2.75, 3.05) is 7.05 Å². The molecule has 0 radical (unpaired) electrons. The van der Waals surface area contributed by atoms with Gasteiger partial charge in [0, 0.05) is 13.6 Å². The largest absolute Gasteiger partial charge is 0.331 e. The number of amides is 2. The minimum absolute atomic E-state index is 0.0135. The molecule has 0 saturated heterocycles. The van der Waals surface area contributed by atoms with Crippen molar-refractivity contribution in [3.63, 3.8) is 0 Å². The monoisotopic (exact) mass is 310 g/mol. The molecule has 0 aromatic heterocycles. The summed E-state index contributed by atoms with van der Waals surface area (Å²) in [5, 5.41) is 3.08. The van der Waals surface area contributed by atoms with Crippen LogP contribution in [0.2, 0.25) is 0 Å². The fourth-order valence-corrected chi connectivity index (χ4v) is 2.75. The third kappa shape index (κ3) is 4.59. The Morgan fingerprint density at radius 3 is 2.30 bits per heavy atom. The number of aryl methyl sites for hydroxylation is 3. The molecule has 0 bridgehead atoms. The number of nitrogens with zero attached hydrogens (tertiary/aromatic N) is 1. The van der Waals surface area contributed by atoms with Crippen LogP contribution in [0.25, 0.3) is 0 Å². The Labute approximate surface area is 139 Å². The highest BCUT2D eigenvalue weighted by molar-refractivity contribution is 5.74. The van der Waals surface area contributed by atoms with E-state index >= 15 is 0 Å². The van der Waals surface area contributed by atoms with Crippen molar-refractivity contribution in [3.8, 4) is 0 Å². The average molecular weight is 310 g/mol. The standard InChI is InChI=1S/C20H26N2O/c1-14-10-15(2)12-19(11-14)17(4)21-20(23)22(5)13-18-9-7-6-8-16(18)3/h6-12,17H,13H2,1-5H3,(H,21,23). The van der Waals surface area contributed by atoms with E-state index in [1.54, 1.807) is 4.90 Å². The molecule has 1 N–H and O–H groups in total. The van der Waals surface area contributed by atoms with Crippen LogP contribution in [0.5, 0.6) is 0 Å². The zero-order valence-electron chi connectivity index (χ0n) is 14.7. The molecule has 0 saturated carbocycles. The SMILES string of the molecule is Cc1cc(C)cc(C(C)NC(=O)N(C)Cc2ccccc2C)c1. The molecule has 0 heterocycles. The summed E-state index contributed by atoms with van der Waals surface area (Å²) in [5.74, 6) is 0. The maximum Gasteiger partial charge on any atom is 0.317 e. The molecule has 0 aliphatic heterocycles. The third-order valence-electron chi connectivity index (χ3n) is 4.10. The number of benzene rings is 2. The molecular formula is C20H26N2O. The van der Waals surface area contributed by atoms with Gasteiger partial charge in [-0.05, 0) is 44.4 Å². The van der Waals surface area contributed by atoms with Crippen molar-refractivity contribution in [2.45, 2.75) is 40.3 Å². The summed E-state index contributed by atoms with van der Waals surface area (Å²) in [5.41, 5.74) is 5.95. The van der Waals surface area contributed by atoms with Crippen LogP contribution in [0.3, 0.4) is 0 Å². The smallest absolute Gasteiger partial charge is 0.317 e. The minimum atomic E-state index is -0.0556. The number of urea groups is 1. The first-order valence-electron chi connectivity index (χ1n) is 8.01. The molecule has 0 aliphatic carbocycles. The summed E-state index contributed by atoms with van der Waals surface area (Å²) >= 11 is 0. The van der Waals surface area contributed by atoms with Gasteiger partial charge >= 0.3 is 6.03 Å². The highest BCUT2D eigenvalue weighted by atomic mass is 16.2. The van der Waals surface area contributed by atoms with Crippen molar-refractivity contribution < 1.29 is 4.79 Å². The second kappa shape index (κ2) is 7.32. The summed E-state index contributed by atoms with van der Waals surface area (Å²) in [7, 11) is 1.83. The van der Waals surface area contributed by atoms with Crippen molar-refractivity contribution in [1.29, 1.82) is 0 Å². The zero-order valence-corrected chi connectivity index (χ0v) is 14.7. The normalized spacial score (nSPS) is 11.9. The van der Waals surface area contributed by atoms with Crippen LogP contribution < -0.4 is 5.32 Å². The summed E-state index contributed by atoms with van der Waals surface area (Å²) in [6, 6.07) is 14.5. The Morgan fingerprint density at radius 2 is 1.70 bits per heavy atom. The van der Waals surface area contributed by atoms with Gasteiger partial charge in [-0.15, -0.1) is 0 Å². The van der Waals surface area contributed by atoms with E-state index in [0.717, 1.165) is 5.56 Å². The molecule has 2 rings (SSSR count). The molecule has 0 spiro atoms. The summed E-state index contributed by atoms with van der Waals surface area (Å²) < 4.78 is 0. The molecule has 2 aromatic rings. The summed E-state index contributed by atoms with van der Waals surface area (Å²) in [6.45, 7) is 8.86. The van der Waals surface area contributed by atoms with Crippen molar-refractivity contribution >= 4 is 6.03 Å². The molecular weight excluding hydrogens is 284 g/mol. The first-order chi connectivity index (χ1) is 10.9. The molecule has 122 valence electrons. The Hall–Kier alpha value is -2.29. The van der Waals surface area contributed by atoms with Gasteiger partial charge in [-0.3, -0.25) is 0 Å². The van der Waals surface area contributed by atoms with E-state index in [9.17, 15) is 4.79 Å². The number of rotatable bonds is 4. The molecule has 2 aromatic carbocycles. The molecule has 0 fully saturated rings. The maximum absolute atomic E-state index is 12.4. The highest BCUT2D eigenvalue weighted by Gasteiger charge is 2.14. The zero-order chi connectivity index (χ0) is 17.0. The van der Waals surface area contributed by atoms with Crippen molar-refractivity contribution in [2.24, 2.45) is 0 Å². The van der Waals surface area contributed by atoms with Crippen molar-refractivity contribution in [3.05, 3.63) is 70.3 Å². The Balaban J connectivity index is 2.01. The Kier molecular flexibility index (Phi) is 5.43. The summed E-state index contributed by atoms with van der Waals surface area (Å²) in [6.07, 6.45) is 0. The van der Waals surface area contributed by atoms with E-state index in [2.05, 4.69) is 56.4 Å². The van der Waals surface area contributed by atoms with E-state index in [0.29, 0.717) is 6.54 Å². The van der Waals surface area contributed by atoms with Gasteiger partial charge in [0.1, 0.15) is 0 Å². The second-order valence-electron chi connectivity index (χ2n) is 6.37. The maximum atomic E-state index is 12.4. The Morgan fingerprint density at radius 1 is 1.09 bits per heavy atom. The van der Waals surface area contributed by atoms with Crippen LogP contribution in [0.15, 0.2) is 42.5 Å². The van der Waals surface area contributed by atoms with Crippen LogP contribution in [0.4, 0.5) is 4.79 Å². The lowest BCUT2D eigenvalue weighted by Gasteiger charge is -2.23. The predicted octanol–water partition coefficient (Wildman–Crippen LogP) is 4.51. The van der Waals surface area contributed by atoms with Gasteiger partial charge in [-0.1, -0.05) is 53.6 Å². The molecule has 0 aliphatic rings. The van der Waals surface area contributed by atoms with E-state index in [4.69, 9.17) is 0 Å². The number of nitrogens with one attached hydrogen (secondary N) is 1. The number of carbonyl (C=O) groups excluding carboxylic acids is 1. The minimum Gasteiger partial charge on any atom is -0.331 e. The molecule has 3 heteroatoms. The number of carbonyl (C=O) groups is 1. The highest BCUT2D eigenvalue weighted by Crippen LogP contribution is 2.17. The summed E-state index contributed by atoms with van der Waals surface area (Å²) in [4.78, 5) is 14.2. The lowest BCUT2D eigenvalue weighted by atomic mass is 10.0. The van der Waals surface area contributed by atoms with Gasteiger partial charge < -0.3 is 10.2 Å². The fourth-order valence-electron chi connectivity index (χ4n) is 2.75. The van der Waals surface area contributed by atoms with Gasteiger partial charge in [-0.25, -0.2) is 4.79 Å². The molecule has 23 heavy (non-hydrogen) atoms. The van der Waals surface area contributed by atoms with Gasteiger partial charge in [0.15, 0.2) is 0 Å². The molecule has 2 amide bonds. The first-order valence-corrected chi connectivity index (χ1v) is 8.01. The van der Waals surface area contributed by atoms with Crippen LogP contribution in [0, 0.1) is 20.8 Å². The molecule has 3 nitrogen and oxygen atoms in total. The van der Waals surface area contributed by atoms with E-state index < -0.39 is 0 Å². The van der Waals surface area contributed by atoms with Crippen LogP contribution >= 0.6 is 0 Å². The molecule has 1 atom stereocenters. The van der Waals surface area contributed by atoms with Crippen molar-refractivity contribution in [1.82, 2.24) is 10.2 Å². The Bertz CT molecular complexity index is 674. The number of hydrogen-bond acceptors (Lipinski definition) is 1. The topological polar surface area (TPSA) is 32.3 Å². The predicted molar refractivity (Wildman–Crippen MR) is 95.5 cm³/mol. The van der Waals surface area contributed by atoms with E-state index in [-0.39, 0.29) is 12.1 Å². The average Bonchev–Trinajstić information content (AvgIpc) is 2.48. The van der Waals surface area contributed by atoms with Crippen LogP contribution in [-0.4, -0.2) is 18.0 Å². The number of hydrogen-bond donors (Lipinski definition) is 1. The lowest BCUT2D eigenvalue weighted by molar-refractivity contribution is 0.203. The van der Waals surface area contributed by atoms with Gasteiger partial charge in [0.25, 0.3) is 0 Å². The molecule has 1 unspecified atom stereocenters. The van der Waals surface area contributed by atoms with Gasteiger partial charge in [0.2, 0.25) is 0 Å². The second-order valence-corrected chi connectivity index (χ2v) is 6.37. The quantitative estimate of drug-likeness (QED) is 0.885. The van der Waals surface area contributed by atoms with Crippen LogP contribution in [0.1, 0.15) is 40.8 Å². The van der Waals surface area contributed by atoms with E-state index in [1.807, 2.05) is 26.1 Å². The first kappa shape index (κ1) is 17.1. The van der Waals surface area contributed by atoms with Crippen LogP contribution in [-0.2, 0) is 6.54 Å². The fraction of sp³-hybridized carbons (Fsp3) is 0.350.